The molecule has 0 aliphatic carbocycles. The first-order valence-electron chi connectivity index (χ1n) is 4.77. The smallest absolute Gasteiger partial charge is 0.251 e. The third kappa shape index (κ3) is 3.40. The van der Waals surface area contributed by atoms with E-state index in [1.54, 1.807) is 0 Å². The summed E-state index contributed by atoms with van der Waals surface area (Å²) < 4.78 is 0. The van der Waals surface area contributed by atoms with E-state index in [9.17, 15) is 4.79 Å². The summed E-state index contributed by atoms with van der Waals surface area (Å²) in [5.41, 5.74) is 5.92. The summed E-state index contributed by atoms with van der Waals surface area (Å²) in [6.45, 7) is 3.93. The molecule has 1 atom stereocenters. The maximum Gasteiger partial charge on any atom is 0.251 e. The Morgan fingerprint density at radius 3 is 2.87 bits per heavy atom. The van der Waals surface area contributed by atoms with Gasteiger partial charge in [0, 0.05) is 11.6 Å². The average Bonchev–Trinajstić information content (AvgIpc) is 2.16. The van der Waals surface area contributed by atoms with Gasteiger partial charge in [-0.3, -0.25) is 4.79 Å². The summed E-state index contributed by atoms with van der Waals surface area (Å²) in [5.74, 6) is 0.0668. The van der Waals surface area contributed by atoms with Gasteiger partial charge < -0.3 is 11.1 Å². The molecule has 1 aromatic heterocycles. The fourth-order valence-electron chi connectivity index (χ4n) is 1.06. The van der Waals surface area contributed by atoms with Gasteiger partial charge in [0.1, 0.15) is 11.0 Å². The number of nitrogens with two attached hydrogens (primary N) is 1. The zero-order valence-electron chi connectivity index (χ0n) is 8.75. The Labute approximate surface area is 93.8 Å². The quantitative estimate of drug-likeness (QED) is 0.775. The molecular weight excluding hydrogens is 214 g/mol. The minimum Gasteiger partial charge on any atom is -0.384 e. The maximum atomic E-state index is 11.7. The highest BCUT2D eigenvalue weighted by Gasteiger charge is 2.10. The van der Waals surface area contributed by atoms with Crippen molar-refractivity contribution in [2.75, 3.05) is 5.73 Å². The Bertz CT molecular complexity index is 347. The number of amides is 1. The van der Waals surface area contributed by atoms with Gasteiger partial charge in [-0.2, -0.15) is 0 Å². The number of carbonyl (C=O) groups is 1. The summed E-state index contributed by atoms with van der Waals surface area (Å²) >= 11 is 5.69. The van der Waals surface area contributed by atoms with E-state index in [-0.39, 0.29) is 22.9 Å². The highest BCUT2D eigenvalue weighted by atomic mass is 35.5. The molecule has 1 amide bonds. The lowest BCUT2D eigenvalue weighted by atomic mass is 10.2. The minimum atomic E-state index is -0.180. The van der Waals surface area contributed by atoms with Crippen LogP contribution in [0, 0.1) is 0 Å². The van der Waals surface area contributed by atoms with Crippen LogP contribution in [-0.4, -0.2) is 16.9 Å². The molecule has 0 aromatic carbocycles. The van der Waals surface area contributed by atoms with E-state index in [0.717, 1.165) is 6.42 Å². The lowest BCUT2D eigenvalue weighted by molar-refractivity contribution is 0.0939. The molecule has 0 spiro atoms. The van der Waals surface area contributed by atoms with Gasteiger partial charge in [0.05, 0.1) is 0 Å². The molecule has 4 nitrogen and oxygen atoms in total. The second kappa shape index (κ2) is 4.98. The third-order valence-corrected chi connectivity index (χ3v) is 2.26. The fourth-order valence-corrected chi connectivity index (χ4v) is 1.27. The number of pyridine rings is 1. The van der Waals surface area contributed by atoms with E-state index in [1.807, 2.05) is 13.8 Å². The van der Waals surface area contributed by atoms with Gasteiger partial charge in [-0.25, -0.2) is 4.98 Å². The van der Waals surface area contributed by atoms with E-state index in [2.05, 4.69) is 10.3 Å². The average molecular weight is 228 g/mol. The number of rotatable bonds is 3. The zero-order valence-corrected chi connectivity index (χ0v) is 9.51. The minimum absolute atomic E-state index is 0.130. The molecule has 1 heterocycles. The Hall–Kier alpha value is -1.29. The summed E-state index contributed by atoms with van der Waals surface area (Å²) in [7, 11) is 0. The molecule has 1 unspecified atom stereocenters. The molecular formula is C10H14ClN3O. The number of nitrogens with zero attached hydrogens (tertiary/aromatic N) is 1. The van der Waals surface area contributed by atoms with Gasteiger partial charge in [-0.05, 0) is 25.5 Å². The standard InChI is InChI=1S/C10H14ClN3O/c1-3-6(2)13-10(15)7-4-8(11)14-9(12)5-7/h4-6H,3H2,1-2H3,(H2,12,14)(H,13,15). The van der Waals surface area contributed by atoms with Crippen molar-refractivity contribution in [3.05, 3.63) is 22.8 Å². The lowest BCUT2D eigenvalue weighted by Crippen LogP contribution is -2.32. The van der Waals surface area contributed by atoms with Crippen LogP contribution in [0.25, 0.3) is 0 Å². The summed E-state index contributed by atoms with van der Waals surface area (Å²) in [6.07, 6.45) is 0.875. The molecule has 0 bridgehead atoms. The Kier molecular flexibility index (Phi) is 3.91. The molecule has 3 N–H and O–H groups in total. The largest absolute Gasteiger partial charge is 0.384 e. The second-order valence-electron chi connectivity index (χ2n) is 3.39. The Balaban J connectivity index is 2.82. The first-order chi connectivity index (χ1) is 7.02. The number of hydrogen-bond acceptors (Lipinski definition) is 3. The summed E-state index contributed by atoms with van der Waals surface area (Å²) in [4.78, 5) is 15.4. The topological polar surface area (TPSA) is 68.0 Å². The van der Waals surface area contributed by atoms with E-state index < -0.39 is 0 Å². The van der Waals surface area contributed by atoms with Crippen LogP contribution >= 0.6 is 11.6 Å². The molecule has 5 heteroatoms. The van der Waals surface area contributed by atoms with Crippen LogP contribution in [0.1, 0.15) is 30.6 Å². The van der Waals surface area contributed by atoms with Gasteiger partial charge >= 0.3 is 0 Å². The Morgan fingerprint density at radius 1 is 1.67 bits per heavy atom. The number of nitrogens with one attached hydrogen (secondary N) is 1. The van der Waals surface area contributed by atoms with Gasteiger partial charge in [-0.15, -0.1) is 0 Å². The molecule has 0 saturated heterocycles. The normalized spacial score (nSPS) is 12.2. The van der Waals surface area contributed by atoms with E-state index in [1.165, 1.54) is 12.1 Å². The van der Waals surface area contributed by atoms with Crippen molar-refractivity contribution in [2.45, 2.75) is 26.3 Å². The Morgan fingerprint density at radius 2 is 2.33 bits per heavy atom. The number of halogens is 1. The first kappa shape index (κ1) is 11.8. The summed E-state index contributed by atoms with van der Waals surface area (Å²) in [5, 5.41) is 3.05. The highest BCUT2D eigenvalue weighted by Crippen LogP contribution is 2.12. The van der Waals surface area contributed by atoms with Crippen molar-refractivity contribution in [1.29, 1.82) is 0 Å². The third-order valence-electron chi connectivity index (χ3n) is 2.07. The van der Waals surface area contributed by atoms with Crippen molar-refractivity contribution in [1.82, 2.24) is 10.3 Å². The van der Waals surface area contributed by atoms with Crippen LogP contribution < -0.4 is 11.1 Å². The van der Waals surface area contributed by atoms with Crippen molar-refractivity contribution < 1.29 is 4.79 Å². The van der Waals surface area contributed by atoms with Crippen LogP contribution in [-0.2, 0) is 0 Å². The van der Waals surface area contributed by atoms with Crippen molar-refractivity contribution >= 4 is 23.3 Å². The van der Waals surface area contributed by atoms with Crippen LogP contribution in [0.2, 0.25) is 5.15 Å². The fraction of sp³-hybridized carbons (Fsp3) is 0.400. The van der Waals surface area contributed by atoms with Crippen molar-refractivity contribution in [3.63, 3.8) is 0 Å². The zero-order chi connectivity index (χ0) is 11.4. The molecule has 0 saturated carbocycles. The molecule has 1 aromatic rings. The molecule has 1 rings (SSSR count). The lowest BCUT2D eigenvalue weighted by Gasteiger charge is -2.11. The predicted octanol–water partition coefficient (Wildman–Crippen LogP) is 1.85. The number of hydrogen-bond donors (Lipinski definition) is 2. The molecule has 82 valence electrons. The van der Waals surface area contributed by atoms with Crippen LogP contribution in [0.3, 0.4) is 0 Å². The molecule has 15 heavy (non-hydrogen) atoms. The first-order valence-corrected chi connectivity index (χ1v) is 5.14. The molecule has 0 radical (unpaired) electrons. The van der Waals surface area contributed by atoms with Crippen molar-refractivity contribution in [3.8, 4) is 0 Å². The van der Waals surface area contributed by atoms with Crippen LogP contribution in [0.4, 0.5) is 5.82 Å². The van der Waals surface area contributed by atoms with Gasteiger partial charge in [-0.1, -0.05) is 18.5 Å². The monoisotopic (exact) mass is 227 g/mol. The number of nitrogen functional groups attached to an aromatic ring is 1. The highest BCUT2D eigenvalue weighted by molar-refractivity contribution is 6.29. The van der Waals surface area contributed by atoms with Crippen LogP contribution in [0.15, 0.2) is 12.1 Å². The number of carbonyl (C=O) groups excluding carboxylic acids is 1. The molecule has 0 aliphatic rings. The van der Waals surface area contributed by atoms with Crippen LogP contribution in [0.5, 0.6) is 0 Å². The van der Waals surface area contributed by atoms with Gasteiger partial charge in [0.15, 0.2) is 0 Å². The SMILES string of the molecule is CCC(C)NC(=O)c1cc(N)nc(Cl)c1. The molecule has 0 aliphatic heterocycles. The van der Waals surface area contributed by atoms with E-state index >= 15 is 0 Å². The van der Waals surface area contributed by atoms with Gasteiger partial charge in [0.25, 0.3) is 5.91 Å². The molecule has 0 fully saturated rings. The maximum absolute atomic E-state index is 11.7. The number of aromatic nitrogens is 1. The van der Waals surface area contributed by atoms with E-state index in [4.69, 9.17) is 17.3 Å². The van der Waals surface area contributed by atoms with E-state index in [0.29, 0.717) is 5.56 Å². The van der Waals surface area contributed by atoms with Crippen molar-refractivity contribution in [2.24, 2.45) is 0 Å². The number of anilines is 1. The summed E-state index contributed by atoms with van der Waals surface area (Å²) in [6, 6.07) is 3.13. The second-order valence-corrected chi connectivity index (χ2v) is 3.77. The van der Waals surface area contributed by atoms with Gasteiger partial charge in [0.2, 0.25) is 0 Å². The predicted molar refractivity (Wildman–Crippen MR) is 60.9 cm³/mol.